The first-order valence-corrected chi connectivity index (χ1v) is 10.8. The van der Waals surface area contributed by atoms with Gasteiger partial charge in [-0.3, -0.25) is 14.4 Å². The fourth-order valence-corrected chi connectivity index (χ4v) is 4.62. The molecule has 2 amide bonds. The number of hydrogen-bond donors (Lipinski definition) is 1. The third-order valence-electron chi connectivity index (χ3n) is 5.46. The molecular formula is C21H23N3O3S. The molecule has 4 rings (SSSR count). The summed E-state index contributed by atoms with van der Waals surface area (Å²) in [6.07, 6.45) is 2.83. The first kappa shape index (κ1) is 18.8. The van der Waals surface area contributed by atoms with Crippen LogP contribution in [0.15, 0.2) is 47.3 Å². The van der Waals surface area contributed by atoms with E-state index in [1.807, 2.05) is 47.6 Å². The number of pyridine rings is 1. The van der Waals surface area contributed by atoms with E-state index in [4.69, 9.17) is 0 Å². The van der Waals surface area contributed by atoms with Crippen molar-refractivity contribution in [3.05, 3.63) is 64.1 Å². The molecule has 7 heteroatoms. The molecule has 1 aromatic heterocycles. The molecule has 0 aliphatic carbocycles. The summed E-state index contributed by atoms with van der Waals surface area (Å²) in [6, 6.07) is 13.0. The molecule has 6 nitrogen and oxygen atoms in total. The average molecular weight is 398 g/mol. The van der Waals surface area contributed by atoms with Gasteiger partial charge in [-0.05, 0) is 42.9 Å². The zero-order chi connectivity index (χ0) is 19.7. The van der Waals surface area contributed by atoms with Crippen LogP contribution in [0, 0.1) is 5.92 Å². The van der Waals surface area contributed by atoms with Gasteiger partial charge in [-0.2, -0.15) is 11.8 Å². The van der Waals surface area contributed by atoms with Gasteiger partial charge in [0.2, 0.25) is 5.91 Å². The molecule has 2 bridgehead atoms. The van der Waals surface area contributed by atoms with Gasteiger partial charge in [-0.15, -0.1) is 0 Å². The van der Waals surface area contributed by atoms with Crippen LogP contribution in [0.1, 0.15) is 28.4 Å². The Morgan fingerprint density at radius 2 is 1.89 bits per heavy atom. The number of anilines is 1. The van der Waals surface area contributed by atoms with Gasteiger partial charge in [0.15, 0.2) is 0 Å². The molecule has 2 aliphatic rings. The fraction of sp³-hybridized carbons (Fsp3) is 0.381. The Hall–Kier alpha value is -2.54. The van der Waals surface area contributed by atoms with Crippen molar-refractivity contribution in [3.63, 3.8) is 0 Å². The summed E-state index contributed by atoms with van der Waals surface area (Å²) < 4.78 is 1.79. The second-order valence-electron chi connectivity index (χ2n) is 7.44. The zero-order valence-corrected chi connectivity index (χ0v) is 16.6. The molecule has 1 aromatic carbocycles. The summed E-state index contributed by atoms with van der Waals surface area (Å²) in [7, 11) is 0. The molecule has 3 heterocycles. The van der Waals surface area contributed by atoms with Crippen LogP contribution in [0.5, 0.6) is 0 Å². The summed E-state index contributed by atoms with van der Waals surface area (Å²) in [5, 5.41) is 2.72. The smallest absolute Gasteiger partial charge is 0.274 e. The Morgan fingerprint density at radius 3 is 2.64 bits per heavy atom. The minimum Gasteiger partial charge on any atom is -0.338 e. The van der Waals surface area contributed by atoms with Crippen LogP contribution in [-0.2, 0) is 11.3 Å². The lowest BCUT2D eigenvalue weighted by Crippen LogP contribution is -2.49. The third-order valence-corrected chi connectivity index (χ3v) is 6.01. The molecule has 1 saturated heterocycles. The average Bonchev–Trinajstić information content (AvgIpc) is 2.70. The summed E-state index contributed by atoms with van der Waals surface area (Å²) in [5.74, 6) is 0.591. The molecule has 28 heavy (non-hydrogen) atoms. The highest BCUT2D eigenvalue weighted by atomic mass is 32.2. The number of likely N-dealkylation sites (tertiary alicyclic amines) is 1. The second kappa shape index (κ2) is 7.83. The lowest BCUT2D eigenvalue weighted by Gasteiger charge is -2.43. The molecule has 0 unspecified atom stereocenters. The highest BCUT2D eigenvalue weighted by molar-refractivity contribution is 7.99. The van der Waals surface area contributed by atoms with E-state index < -0.39 is 0 Å². The van der Waals surface area contributed by atoms with Crippen molar-refractivity contribution >= 4 is 29.3 Å². The minimum absolute atomic E-state index is 0.0482. The van der Waals surface area contributed by atoms with Crippen molar-refractivity contribution in [2.24, 2.45) is 5.92 Å². The summed E-state index contributed by atoms with van der Waals surface area (Å²) in [4.78, 5) is 39.5. The number of aromatic nitrogens is 1. The van der Waals surface area contributed by atoms with E-state index in [0.29, 0.717) is 36.6 Å². The fourth-order valence-electron chi connectivity index (χ4n) is 4.29. The predicted octanol–water partition coefficient (Wildman–Crippen LogP) is 2.41. The van der Waals surface area contributed by atoms with Crippen molar-refractivity contribution in [1.82, 2.24) is 9.47 Å². The number of benzene rings is 1. The quantitative estimate of drug-likeness (QED) is 0.860. The maximum Gasteiger partial charge on any atom is 0.274 e. The van der Waals surface area contributed by atoms with Crippen molar-refractivity contribution in [1.29, 1.82) is 0 Å². The highest BCUT2D eigenvalue weighted by Gasteiger charge is 2.36. The van der Waals surface area contributed by atoms with Gasteiger partial charge in [-0.25, -0.2) is 0 Å². The van der Waals surface area contributed by atoms with E-state index in [9.17, 15) is 14.4 Å². The largest absolute Gasteiger partial charge is 0.338 e. The number of thioether (sulfide) groups is 1. The number of carbonyl (C=O) groups excluding carboxylic acids is 2. The van der Waals surface area contributed by atoms with Gasteiger partial charge in [0.25, 0.3) is 11.5 Å². The van der Waals surface area contributed by atoms with Gasteiger partial charge >= 0.3 is 0 Å². The Morgan fingerprint density at radius 1 is 1.11 bits per heavy atom. The van der Waals surface area contributed by atoms with Gasteiger partial charge in [-0.1, -0.05) is 18.2 Å². The van der Waals surface area contributed by atoms with Crippen molar-refractivity contribution in [2.45, 2.75) is 18.9 Å². The number of amides is 2. The standard InChI is InChI=1S/C21H23N3O3S/c1-28-13-19(25)22-17-7-8-18-16-9-14(11-24(18)21(17)27)10-23(12-16)20(26)15-5-3-2-4-6-15/h2-8,14,16H,9-13H2,1H3,(H,22,25)/t14-,16+/m0/s1. The van der Waals surface area contributed by atoms with E-state index in [1.54, 1.807) is 10.6 Å². The number of hydrogen-bond acceptors (Lipinski definition) is 4. The number of rotatable bonds is 4. The van der Waals surface area contributed by atoms with E-state index in [0.717, 1.165) is 12.1 Å². The molecule has 0 saturated carbocycles. The molecule has 2 atom stereocenters. The lowest BCUT2D eigenvalue weighted by atomic mass is 9.83. The van der Waals surface area contributed by atoms with Crippen LogP contribution in [0.3, 0.4) is 0 Å². The summed E-state index contributed by atoms with van der Waals surface area (Å²) in [5.41, 5.74) is 1.84. The van der Waals surface area contributed by atoms with Crippen LogP contribution < -0.4 is 10.9 Å². The third kappa shape index (κ3) is 3.58. The van der Waals surface area contributed by atoms with Crippen LogP contribution in [0.25, 0.3) is 0 Å². The van der Waals surface area contributed by atoms with Crippen molar-refractivity contribution < 1.29 is 9.59 Å². The van der Waals surface area contributed by atoms with Gasteiger partial charge in [0.1, 0.15) is 5.69 Å². The molecular weight excluding hydrogens is 374 g/mol. The SMILES string of the molecule is CSCC(=O)Nc1ccc2n(c1=O)C[C@H]1C[C@@H]2CN(C(=O)c2ccccc2)C1. The highest BCUT2D eigenvalue weighted by Crippen LogP contribution is 2.36. The summed E-state index contributed by atoms with van der Waals surface area (Å²) in [6.45, 7) is 1.84. The zero-order valence-electron chi connectivity index (χ0n) is 15.8. The van der Waals surface area contributed by atoms with Crippen LogP contribution in [-0.4, -0.2) is 46.4 Å². The van der Waals surface area contributed by atoms with Crippen LogP contribution in [0.2, 0.25) is 0 Å². The van der Waals surface area contributed by atoms with Crippen LogP contribution in [0.4, 0.5) is 5.69 Å². The van der Waals surface area contributed by atoms with Crippen molar-refractivity contribution in [2.75, 3.05) is 30.4 Å². The first-order chi connectivity index (χ1) is 13.6. The van der Waals surface area contributed by atoms with Crippen molar-refractivity contribution in [3.8, 4) is 0 Å². The molecule has 2 aromatic rings. The Labute approximate surface area is 167 Å². The molecule has 1 fully saturated rings. The van der Waals surface area contributed by atoms with Gasteiger partial charge < -0.3 is 14.8 Å². The Bertz CT molecular complexity index is 957. The van der Waals surface area contributed by atoms with E-state index in [1.165, 1.54) is 11.8 Å². The van der Waals surface area contributed by atoms with Gasteiger partial charge in [0.05, 0.1) is 5.75 Å². The van der Waals surface area contributed by atoms with E-state index in [2.05, 4.69) is 5.32 Å². The molecule has 0 radical (unpaired) electrons. The predicted molar refractivity (Wildman–Crippen MR) is 111 cm³/mol. The number of nitrogens with zero attached hydrogens (tertiary/aromatic N) is 2. The van der Waals surface area contributed by atoms with E-state index >= 15 is 0 Å². The summed E-state index contributed by atoms with van der Waals surface area (Å²) >= 11 is 1.42. The molecule has 0 spiro atoms. The normalized spacial score (nSPS) is 20.4. The number of fused-ring (bicyclic) bond motifs is 4. The number of piperidine rings is 1. The molecule has 1 N–H and O–H groups in total. The number of nitrogens with one attached hydrogen (secondary N) is 1. The Kier molecular flexibility index (Phi) is 5.26. The molecule has 146 valence electrons. The van der Waals surface area contributed by atoms with E-state index in [-0.39, 0.29) is 29.2 Å². The maximum absolute atomic E-state index is 12.9. The van der Waals surface area contributed by atoms with Gasteiger partial charge in [0, 0.05) is 36.8 Å². The minimum atomic E-state index is -0.166. The number of carbonyl (C=O) groups is 2. The van der Waals surface area contributed by atoms with Crippen LogP contribution >= 0.6 is 11.8 Å². The monoisotopic (exact) mass is 397 g/mol. The molecule has 2 aliphatic heterocycles. The topological polar surface area (TPSA) is 71.4 Å². The Balaban J connectivity index is 1.57. The first-order valence-electron chi connectivity index (χ1n) is 9.43. The maximum atomic E-state index is 12.9. The second-order valence-corrected chi connectivity index (χ2v) is 8.31. The lowest BCUT2D eigenvalue weighted by molar-refractivity contribution is -0.113.